The van der Waals surface area contributed by atoms with E-state index in [1.165, 1.54) is 27.7 Å². The summed E-state index contributed by atoms with van der Waals surface area (Å²) in [5, 5.41) is 4.56. The van der Waals surface area contributed by atoms with Crippen LogP contribution < -0.4 is 11.1 Å². The monoisotopic (exact) mass is 281 g/mol. The first kappa shape index (κ1) is 13.4. The lowest BCUT2D eigenvalue weighted by Gasteiger charge is -2.07. The SMILES string of the molecule is Cc1cc(NCc2ccc3[nH]c(C)c(C)c3c2)nc(N)n1. The van der Waals surface area contributed by atoms with Gasteiger partial charge in [-0.3, -0.25) is 0 Å². The molecule has 2 aromatic heterocycles. The van der Waals surface area contributed by atoms with E-state index in [0.717, 1.165) is 11.5 Å². The molecule has 2 heterocycles. The van der Waals surface area contributed by atoms with Gasteiger partial charge in [0.05, 0.1) is 0 Å². The summed E-state index contributed by atoms with van der Waals surface area (Å²) in [6.45, 7) is 6.84. The number of hydrogen-bond donors (Lipinski definition) is 3. The maximum absolute atomic E-state index is 5.66. The number of hydrogen-bond acceptors (Lipinski definition) is 4. The number of H-pyrrole nitrogens is 1. The Hall–Kier alpha value is -2.56. The summed E-state index contributed by atoms with van der Waals surface area (Å²) in [6, 6.07) is 8.33. The van der Waals surface area contributed by atoms with Crippen LogP contribution in [0.25, 0.3) is 10.9 Å². The van der Waals surface area contributed by atoms with Crippen molar-refractivity contribution in [2.24, 2.45) is 0 Å². The second-order valence-electron chi connectivity index (χ2n) is 5.36. The minimum absolute atomic E-state index is 0.296. The van der Waals surface area contributed by atoms with Crippen LogP contribution in [-0.2, 0) is 6.54 Å². The van der Waals surface area contributed by atoms with Crippen LogP contribution in [0.1, 0.15) is 22.5 Å². The van der Waals surface area contributed by atoms with Gasteiger partial charge in [-0.25, -0.2) is 4.98 Å². The van der Waals surface area contributed by atoms with Gasteiger partial charge in [0, 0.05) is 34.9 Å². The molecule has 21 heavy (non-hydrogen) atoms. The van der Waals surface area contributed by atoms with Gasteiger partial charge in [-0.05, 0) is 44.0 Å². The third kappa shape index (κ3) is 2.67. The van der Waals surface area contributed by atoms with Crippen molar-refractivity contribution < 1.29 is 0 Å². The van der Waals surface area contributed by atoms with Crippen LogP contribution in [0.4, 0.5) is 11.8 Å². The summed E-state index contributed by atoms with van der Waals surface area (Å²) < 4.78 is 0. The minimum Gasteiger partial charge on any atom is -0.368 e. The summed E-state index contributed by atoms with van der Waals surface area (Å²) in [5.74, 6) is 1.05. The van der Waals surface area contributed by atoms with Crippen LogP contribution in [0.5, 0.6) is 0 Å². The van der Waals surface area contributed by atoms with Crippen molar-refractivity contribution in [3.05, 3.63) is 46.8 Å². The van der Waals surface area contributed by atoms with Crippen molar-refractivity contribution >= 4 is 22.7 Å². The number of aromatic nitrogens is 3. The van der Waals surface area contributed by atoms with Crippen LogP contribution in [-0.4, -0.2) is 15.0 Å². The maximum Gasteiger partial charge on any atom is 0.222 e. The van der Waals surface area contributed by atoms with Gasteiger partial charge in [0.25, 0.3) is 0 Å². The summed E-state index contributed by atoms with van der Waals surface area (Å²) in [4.78, 5) is 11.6. The zero-order valence-electron chi connectivity index (χ0n) is 12.5. The van der Waals surface area contributed by atoms with Crippen molar-refractivity contribution in [1.82, 2.24) is 15.0 Å². The number of benzene rings is 1. The first-order valence-electron chi connectivity index (χ1n) is 6.96. The van der Waals surface area contributed by atoms with E-state index in [4.69, 9.17) is 5.73 Å². The van der Waals surface area contributed by atoms with Crippen LogP contribution in [0, 0.1) is 20.8 Å². The van der Waals surface area contributed by atoms with E-state index < -0.39 is 0 Å². The van der Waals surface area contributed by atoms with E-state index in [9.17, 15) is 0 Å². The molecule has 1 aromatic carbocycles. The van der Waals surface area contributed by atoms with Crippen LogP contribution in [0.2, 0.25) is 0 Å². The fourth-order valence-electron chi connectivity index (χ4n) is 2.49. The lowest BCUT2D eigenvalue weighted by Crippen LogP contribution is -2.05. The molecular weight excluding hydrogens is 262 g/mol. The van der Waals surface area contributed by atoms with Crippen molar-refractivity contribution in [3.63, 3.8) is 0 Å². The van der Waals surface area contributed by atoms with E-state index in [1.807, 2.05) is 13.0 Å². The molecule has 3 aromatic rings. The van der Waals surface area contributed by atoms with Gasteiger partial charge in [0.1, 0.15) is 5.82 Å². The van der Waals surface area contributed by atoms with Gasteiger partial charge in [-0.2, -0.15) is 4.98 Å². The third-order valence-corrected chi connectivity index (χ3v) is 3.72. The van der Waals surface area contributed by atoms with E-state index >= 15 is 0 Å². The van der Waals surface area contributed by atoms with E-state index in [1.54, 1.807) is 0 Å². The molecule has 0 bridgehead atoms. The molecule has 3 rings (SSSR count). The first-order chi connectivity index (χ1) is 10.0. The number of anilines is 2. The molecular formula is C16H19N5. The smallest absolute Gasteiger partial charge is 0.222 e. The second-order valence-corrected chi connectivity index (χ2v) is 5.36. The number of nitrogens with one attached hydrogen (secondary N) is 2. The van der Waals surface area contributed by atoms with Gasteiger partial charge in [0.2, 0.25) is 5.95 Å². The van der Waals surface area contributed by atoms with E-state index in [-0.39, 0.29) is 0 Å². The molecule has 0 amide bonds. The fraction of sp³-hybridized carbons (Fsp3) is 0.250. The zero-order valence-corrected chi connectivity index (χ0v) is 12.5. The lowest BCUT2D eigenvalue weighted by molar-refractivity contribution is 1.07. The van der Waals surface area contributed by atoms with E-state index in [2.05, 4.69) is 52.3 Å². The van der Waals surface area contributed by atoms with Gasteiger partial charge in [-0.1, -0.05) is 6.07 Å². The Bertz CT molecular complexity index is 784. The highest BCUT2D eigenvalue weighted by Crippen LogP contribution is 2.22. The molecule has 0 atom stereocenters. The molecule has 0 aliphatic rings. The predicted octanol–water partition coefficient (Wildman–Crippen LogP) is 3.08. The van der Waals surface area contributed by atoms with Crippen molar-refractivity contribution in [3.8, 4) is 0 Å². The van der Waals surface area contributed by atoms with Gasteiger partial charge < -0.3 is 16.0 Å². The lowest BCUT2D eigenvalue weighted by atomic mass is 10.1. The molecule has 0 unspecified atom stereocenters. The summed E-state index contributed by atoms with van der Waals surface area (Å²) in [5.41, 5.74) is 11.4. The highest BCUT2D eigenvalue weighted by molar-refractivity contribution is 5.85. The largest absolute Gasteiger partial charge is 0.368 e. The van der Waals surface area contributed by atoms with Crippen LogP contribution in [0.15, 0.2) is 24.3 Å². The molecule has 0 saturated carbocycles. The predicted molar refractivity (Wildman–Crippen MR) is 86.3 cm³/mol. The normalized spacial score (nSPS) is 11.0. The van der Waals surface area contributed by atoms with Gasteiger partial charge in [-0.15, -0.1) is 0 Å². The third-order valence-electron chi connectivity index (χ3n) is 3.72. The second kappa shape index (κ2) is 5.09. The van der Waals surface area contributed by atoms with Crippen molar-refractivity contribution in [2.45, 2.75) is 27.3 Å². The van der Waals surface area contributed by atoms with Gasteiger partial charge >= 0.3 is 0 Å². The number of fused-ring (bicyclic) bond motifs is 1. The average Bonchev–Trinajstić information content (AvgIpc) is 2.71. The average molecular weight is 281 g/mol. The Morgan fingerprint density at radius 2 is 1.95 bits per heavy atom. The maximum atomic E-state index is 5.66. The Balaban J connectivity index is 1.83. The van der Waals surface area contributed by atoms with Crippen molar-refractivity contribution in [1.29, 1.82) is 0 Å². The molecule has 4 N–H and O–H groups in total. The zero-order chi connectivity index (χ0) is 15.0. The Morgan fingerprint density at radius 1 is 1.14 bits per heavy atom. The Morgan fingerprint density at radius 3 is 2.71 bits per heavy atom. The highest BCUT2D eigenvalue weighted by atomic mass is 15.1. The quantitative estimate of drug-likeness (QED) is 0.689. The molecule has 0 saturated heterocycles. The number of nitrogens with two attached hydrogens (primary N) is 1. The molecule has 0 aliphatic heterocycles. The fourth-order valence-corrected chi connectivity index (χ4v) is 2.49. The molecule has 0 radical (unpaired) electrons. The Kier molecular flexibility index (Phi) is 3.25. The minimum atomic E-state index is 0.296. The molecule has 5 heteroatoms. The standard InChI is InChI=1S/C16H19N5/c1-9-6-15(21-16(17)19-9)18-8-12-4-5-14-13(7-12)10(2)11(3)20-14/h4-7,20H,8H2,1-3H3,(H3,17,18,19,21). The van der Waals surface area contributed by atoms with Crippen LogP contribution in [0.3, 0.4) is 0 Å². The number of aryl methyl sites for hydroxylation is 3. The number of nitrogen functional groups attached to an aromatic ring is 1. The van der Waals surface area contributed by atoms with Crippen LogP contribution >= 0.6 is 0 Å². The molecule has 5 nitrogen and oxygen atoms in total. The van der Waals surface area contributed by atoms with Crippen molar-refractivity contribution in [2.75, 3.05) is 11.1 Å². The molecule has 108 valence electrons. The van der Waals surface area contributed by atoms with Gasteiger partial charge in [0.15, 0.2) is 0 Å². The molecule has 0 fully saturated rings. The highest BCUT2D eigenvalue weighted by Gasteiger charge is 2.05. The number of rotatable bonds is 3. The summed E-state index contributed by atoms with van der Waals surface area (Å²) >= 11 is 0. The first-order valence-corrected chi connectivity index (χ1v) is 6.96. The number of aromatic amines is 1. The Labute approximate surface area is 123 Å². The summed E-state index contributed by atoms with van der Waals surface area (Å²) in [6.07, 6.45) is 0. The number of nitrogens with zero attached hydrogens (tertiary/aromatic N) is 2. The molecule has 0 spiro atoms. The molecule has 0 aliphatic carbocycles. The topological polar surface area (TPSA) is 79.6 Å². The van der Waals surface area contributed by atoms with E-state index in [0.29, 0.717) is 12.5 Å². The summed E-state index contributed by atoms with van der Waals surface area (Å²) in [7, 11) is 0.